The number of unbranched alkanes of at least 4 members (excludes halogenated alkanes) is 1. The number of anilines is 2. The van der Waals surface area contributed by atoms with Gasteiger partial charge in [0.25, 0.3) is 0 Å². The summed E-state index contributed by atoms with van der Waals surface area (Å²) in [6, 6.07) is 12.4. The van der Waals surface area contributed by atoms with Gasteiger partial charge in [0, 0.05) is 5.69 Å². The van der Waals surface area contributed by atoms with Crippen LogP contribution in [0, 0.1) is 6.92 Å². The van der Waals surface area contributed by atoms with Gasteiger partial charge in [-0.25, -0.2) is 13.2 Å². The van der Waals surface area contributed by atoms with Gasteiger partial charge in [-0.1, -0.05) is 38.0 Å². The molecule has 0 spiro atoms. The van der Waals surface area contributed by atoms with Gasteiger partial charge in [0.05, 0.1) is 24.1 Å². The van der Waals surface area contributed by atoms with E-state index in [4.69, 9.17) is 4.74 Å². The average Bonchev–Trinajstić information content (AvgIpc) is 2.72. The van der Waals surface area contributed by atoms with Crippen molar-refractivity contribution in [3.63, 3.8) is 0 Å². The van der Waals surface area contributed by atoms with Crippen LogP contribution in [-0.2, 0) is 19.6 Å². The number of amides is 1. The molecule has 0 aromatic heterocycles. The molecule has 0 heterocycles. The van der Waals surface area contributed by atoms with E-state index in [2.05, 4.69) is 5.32 Å². The van der Waals surface area contributed by atoms with E-state index in [1.54, 1.807) is 55.5 Å². The molecule has 0 saturated carbocycles. The molecule has 2 aromatic carbocycles. The lowest BCUT2D eigenvalue weighted by Gasteiger charge is -2.30. The third-order valence-corrected chi connectivity index (χ3v) is 5.92. The maximum atomic E-state index is 13.0. The molecule has 0 aliphatic rings. The minimum absolute atomic E-state index is 0.286. The number of nitrogens with one attached hydrogen (secondary N) is 1. The second kappa shape index (κ2) is 10.9. The fourth-order valence-corrected chi connectivity index (χ4v) is 4.27. The van der Waals surface area contributed by atoms with Crippen LogP contribution in [0.25, 0.3) is 0 Å². The molecule has 2 rings (SSSR count). The predicted molar refractivity (Wildman–Crippen MR) is 123 cm³/mol. The number of sulfonamides is 1. The smallest absolute Gasteiger partial charge is 0.338 e. The lowest BCUT2D eigenvalue weighted by Crippen LogP contribution is -2.47. The van der Waals surface area contributed by atoms with Crippen molar-refractivity contribution in [3.05, 3.63) is 59.7 Å². The highest BCUT2D eigenvalue weighted by molar-refractivity contribution is 7.92. The van der Waals surface area contributed by atoms with E-state index in [0.29, 0.717) is 23.5 Å². The minimum atomic E-state index is -3.70. The van der Waals surface area contributed by atoms with Crippen LogP contribution in [0.3, 0.4) is 0 Å². The summed E-state index contributed by atoms with van der Waals surface area (Å²) in [6.07, 6.45) is 3.11. The zero-order chi connectivity index (χ0) is 23.0. The number of nitrogens with zero attached hydrogens (tertiary/aromatic N) is 1. The number of hydrogen-bond acceptors (Lipinski definition) is 5. The van der Waals surface area contributed by atoms with E-state index in [9.17, 15) is 18.0 Å². The minimum Gasteiger partial charge on any atom is -0.462 e. The van der Waals surface area contributed by atoms with Gasteiger partial charge < -0.3 is 10.1 Å². The third kappa shape index (κ3) is 6.82. The van der Waals surface area contributed by atoms with E-state index in [1.165, 1.54) is 0 Å². The predicted octanol–water partition coefficient (Wildman–Crippen LogP) is 4.14. The standard InChI is InChI=1S/C23H30N2O5S/c1-5-7-16-30-23(27)18-10-12-19(13-11-18)24-22(26)21(6-2)25(31(4,28)29)20-14-8-17(3)9-15-20/h8-15,21H,5-7,16H2,1-4H3,(H,24,26)/t21-/m1/s1. The van der Waals surface area contributed by atoms with Crippen LogP contribution in [0.5, 0.6) is 0 Å². The largest absolute Gasteiger partial charge is 0.462 e. The van der Waals surface area contributed by atoms with Gasteiger partial charge in [0.1, 0.15) is 6.04 Å². The van der Waals surface area contributed by atoms with Gasteiger partial charge in [-0.3, -0.25) is 9.10 Å². The van der Waals surface area contributed by atoms with Crippen LogP contribution in [0.4, 0.5) is 11.4 Å². The summed E-state index contributed by atoms with van der Waals surface area (Å²) in [4.78, 5) is 25.0. The molecule has 0 bridgehead atoms. The molecule has 168 valence electrons. The molecule has 1 atom stereocenters. The molecule has 0 aliphatic carbocycles. The molecular formula is C23H30N2O5S. The van der Waals surface area contributed by atoms with Crippen molar-refractivity contribution in [2.24, 2.45) is 0 Å². The Morgan fingerprint density at radius 3 is 2.16 bits per heavy atom. The lowest BCUT2D eigenvalue weighted by atomic mass is 10.1. The number of benzene rings is 2. The fraction of sp³-hybridized carbons (Fsp3) is 0.391. The molecule has 0 fully saturated rings. The summed E-state index contributed by atoms with van der Waals surface area (Å²) in [5.41, 5.74) is 2.27. The van der Waals surface area contributed by atoms with Crippen LogP contribution in [-0.4, -0.2) is 39.2 Å². The third-order valence-electron chi connectivity index (χ3n) is 4.74. The topological polar surface area (TPSA) is 92.8 Å². The van der Waals surface area contributed by atoms with E-state index < -0.39 is 27.9 Å². The van der Waals surface area contributed by atoms with Crippen molar-refractivity contribution >= 4 is 33.3 Å². The van der Waals surface area contributed by atoms with Crippen LogP contribution in [0.15, 0.2) is 48.5 Å². The highest BCUT2D eigenvalue weighted by atomic mass is 32.2. The molecule has 2 aromatic rings. The first-order chi connectivity index (χ1) is 14.7. The van der Waals surface area contributed by atoms with E-state index in [1.807, 2.05) is 13.8 Å². The monoisotopic (exact) mass is 446 g/mol. The summed E-state index contributed by atoms with van der Waals surface area (Å²) in [5.74, 6) is -0.868. The van der Waals surface area contributed by atoms with E-state index >= 15 is 0 Å². The Labute approximate surface area is 184 Å². The first kappa shape index (κ1) is 24.4. The number of ether oxygens (including phenoxy) is 1. The molecule has 31 heavy (non-hydrogen) atoms. The molecular weight excluding hydrogens is 416 g/mol. The molecule has 0 radical (unpaired) electrons. The van der Waals surface area contributed by atoms with Gasteiger partial charge in [0.2, 0.25) is 15.9 Å². The SMILES string of the molecule is CCCCOC(=O)c1ccc(NC(=O)[C@@H](CC)N(c2ccc(C)cc2)S(C)(=O)=O)cc1. The molecule has 0 saturated heterocycles. The van der Waals surface area contributed by atoms with Gasteiger partial charge in [-0.15, -0.1) is 0 Å². The van der Waals surface area contributed by atoms with Crippen LogP contribution < -0.4 is 9.62 Å². The number of esters is 1. The van der Waals surface area contributed by atoms with E-state index in [0.717, 1.165) is 29.0 Å². The maximum absolute atomic E-state index is 13.0. The molecule has 1 amide bonds. The highest BCUT2D eigenvalue weighted by Crippen LogP contribution is 2.24. The Morgan fingerprint density at radius 2 is 1.65 bits per heavy atom. The summed E-state index contributed by atoms with van der Waals surface area (Å²) in [5, 5.41) is 2.75. The summed E-state index contributed by atoms with van der Waals surface area (Å²) in [6.45, 7) is 6.04. The van der Waals surface area contributed by atoms with Gasteiger partial charge in [-0.05, 0) is 56.2 Å². The van der Waals surface area contributed by atoms with Crippen LogP contribution >= 0.6 is 0 Å². The highest BCUT2D eigenvalue weighted by Gasteiger charge is 2.31. The van der Waals surface area contributed by atoms with Crippen LogP contribution in [0.1, 0.15) is 49.0 Å². The van der Waals surface area contributed by atoms with Crippen molar-refractivity contribution in [3.8, 4) is 0 Å². The molecule has 7 nitrogen and oxygen atoms in total. The number of carbonyl (C=O) groups excluding carboxylic acids is 2. The van der Waals surface area contributed by atoms with Crippen LogP contribution in [0.2, 0.25) is 0 Å². The molecule has 0 aliphatic heterocycles. The zero-order valence-corrected chi connectivity index (χ0v) is 19.2. The number of aryl methyl sites for hydroxylation is 1. The van der Waals surface area contributed by atoms with E-state index in [-0.39, 0.29) is 6.42 Å². The fourth-order valence-electron chi connectivity index (χ4n) is 3.06. The molecule has 8 heteroatoms. The number of carbonyl (C=O) groups is 2. The van der Waals surface area contributed by atoms with Crippen molar-refractivity contribution < 1.29 is 22.7 Å². The molecule has 1 N–H and O–H groups in total. The Morgan fingerprint density at radius 1 is 1.03 bits per heavy atom. The Bertz CT molecular complexity index is 986. The van der Waals surface area contributed by atoms with Crippen molar-refractivity contribution in [1.29, 1.82) is 0 Å². The summed E-state index contributed by atoms with van der Waals surface area (Å²) >= 11 is 0. The van der Waals surface area contributed by atoms with Gasteiger partial charge in [-0.2, -0.15) is 0 Å². The second-order valence-corrected chi connectivity index (χ2v) is 9.23. The number of hydrogen-bond donors (Lipinski definition) is 1. The first-order valence-electron chi connectivity index (χ1n) is 10.3. The first-order valence-corrected chi connectivity index (χ1v) is 12.2. The second-order valence-electron chi connectivity index (χ2n) is 7.37. The normalized spacial score (nSPS) is 12.1. The quantitative estimate of drug-likeness (QED) is 0.437. The van der Waals surface area contributed by atoms with Crippen molar-refractivity contribution in [2.75, 3.05) is 22.5 Å². The Kier molecular flexibility index (Phi) is 8.62. The number of rotatable bonds is 10. The Hall–Kier alpha value is -2.87. The summed E-state index contributed by atoms with van der Waals surface area (Å²) < 4.78 is 31.3. The maximum Gasteiger partial charge on any atom is 0.338 e. The zero-order valence-electron chi connectivity index (χ0n) is 18.4. The lowest BCUT2D eigenvalue weighted by molar-refractivity contribution is -0.117. The molecule has 0 unspecified atom stereocenters. The average molecular weight is 447 g/mol. The Balaban J connectivity index is 2.17. The van der Waals surface area contributed by atoms with Gasteiger partial charge in [0.15, 0.2) is 0 Å². The van der Waals surface area contributed by atoms with Gasteiger partial charge >= 0.3 is 5.97 Å². The van der Waals surface area contributed by atoms with Crippen molar-refractivity contribution in [2.45, 2.75) is 46.1 Å². The van der Waals surface area contributed by atoms with Crippen molar-refractivity contribution in [1.82, 2.24) is 0 Å². The summed E-state index contributed by atoms with van der Waals surface area (Å²) in [7, 11) is -3.70.